The molecule has 0 N–H and O–H groups in total. The van der Waals surface area contributed by atoms with E-state index in [0.29, 0.717) is 34.3 Å². The molecule has 0 saturated carbocycles. The maximum absolute atomic E-state index is 13.1. The van der Waals surface area contributed by atoms with E-state index in [1.807, 2.05) is 12.1 Å². The van der Waals surface area contributed by atoms with Crippen LogP contribution in [0.5, 0.6) is 11.5 Å². The SMILES string of the molecule is O=c1c(-c2ccc(OC(F)(F)F)cc2)cccc2cc(OCCCN3CC4(COC4)C3)ccc12. The van der Waals surface area contributed by atoms with Crippen LogP contribution in [-0.4, -0.2) is 50.7 Å². The van der Waals surface area contributed by atoms with Gasteiger partial charge < -0.3 is 19.1 Å². The van der Waals surface area contributed by atoms with Crippen LogP contribution in [-0.2, 0) is 4.74 Å². The van der Waals surface area contributed by atoms with Crippen molar-refractivity contribution in [3.63, 3.8) is 0 Å². The Morgan fingerprint density at radius 2 is 1.71 bits per heavy atom. The average Bonchev–Trinajstić information content (AvgIpc) is 2.89. The topological polar surface area (TPSA) is 48.0 Å². The molecule has 2 aliphatic rings. The van der Waals surface area contributed by atoms with Gasteiger partial charge in [0, 0.05) is 36.0 Å². The molecule has 178 valence electrons. The zero-order valence-electron chi connectivity index (χ0n) is 18.4. The number of hydrogen-bond donors (Lipinski definition) is 0. The number of ether oxygens (including phenoxy) is 3. The van der Waals surface area contributed by atoms with Gasteiger partial charge in [-0.15, -0.1) is 13.2 Å². The third-order valence-electron chi connectivity index (χ3n) is 6.27. The Morgan fingerprint density at radius 3 is 2.38 bits per heavy atom. The molecular formula is C26H24F3NO4. The highest BCUT2D eigenvalue weighted by atomic mass is 19.4. The van der Waals surface area contributed by atoms with Crippen molar-refractivity contribution in [2.45, 2.75) is 12.8 Å². The van der Waals surface area contributed by atoms with Gasteiger partial charge in [0.05, 0.1) is 19.8 Å². The molecule has 8 heteroatoms. The molecule has 5 rings (SSSR count). The highest BCUT2D eigenvalue weighted by molar-refractivity contribution is 5.86. The van der Waals surface area contributed by atoms with Crippen molar-refractivity contribution in [1.82, 2.24) is 4.90 Å². The Morgan fingerprint density at radius 1 is 0.971 bits per heavy atom. The molecule has 0 radical (unpaired) electrons. The molecule has 1 spiro atoms. The first-order valence-corrected chi connectivity index (χ1v) is 11.2. The first-order chi connectivity index (χ1) is 16.3. The van der Waals surface area contributed by atoms with Gasteiger partial charge in [-0.1, -0.05) is 30.3 Å². The lowest BCUT2D eigenvalue weighted by atomic mass is 9.78. The maximum Gasteiger partial charge on any atom is 0.573 e. The summed E-state index contributed by atoms with van der Waals surface area (Å²) in [6, 6.07) is 15.9. The molecule has 3 aromatic rings. The van der Waals surface area contributed by atoms with E-state index >= 15 is 0 Å². The Bertz CT molecular complexity index is 1230. The van der Waals surface area contributed by atoms with Gasteiger partial charge in [-0.05, 0) is 47.7 Å². The van der Waals surface area contributed by atoms with Gasteiger partial charge in [0.15, 0.2) is 5.43 Å². The summed E-state index contributed by atoms with van der Waals surface area (Å²) in [5.41, 5.74) is 1.12. The van der Waals surface area contributed by atoms with E-state index in [1.165, 1.54) is 24.3 Å². The molecule has 5 nitrogen and oxygen atoms in total. The van der Waals surface area contributed by atoms with Gasteiger partial charge in [-0.25, -0.2) is 0 Å². The van der Waals surface area contributed by atoms with Crippen LogP contribution in [0.25, 0.3) is 21.9 Å². The quantitative estimate of drug-likeness (QED) is 0.461. The van der Waals surface area contributed by atoms with Gasteiger partial charge in [0.25, 0.3) is 0 Å². The highest BCUT2D eigenvalue weighted by Gasteiger charge is 2.48. The van der Waals surface area contributed by atoms with E-state index in [1.54, 1.807) is 24.3 Å². The Balaban J connectivity index is 1.25. The van der Waals surface area contributed by atoms with Crippen LogP contribution in [0, 0.1) is 5.41 Å². The van der Waals surface area contributed by atoms with E-state index in [9.17, 15) is 18.0 Å². The molecule has 0 amide bonds. The minimum Gasteiger partial charge on any atom is -0.494 e. The molecule has 0 atom stereocenters. The van der Waals surface area contributed by atoms with Crippen molar-refractivity contribution >= 4 is 10.8 Å². The van der Waals surface area contributed by atoms with E-state index in [0.717, 1.165) is 44.7 Å². The smallest absolute Gasteiger partial charge is 0.494 e. The van der Waals surface area contributed by atoms with Crippen LogP contribution in [0.1, 0.15) is 6.42 Å². The van der Waals surface area contributed by atoms with Gasteiger partial charge in [-0.2, -0.15) is 0 Å². The molecule has 2 aliphatic heterocycles. The number of halogens is 3. The van der Waals surface area contributed by atoms with Crippen molar-refractivity contribution in [2.24, 2.45) is 5.41 Å². The molecule has 0 aliphatic carbocycles. The minimum absolute atomic E-state index is 0.206. The Labute approximate surface area is 194 Å². The number of nitrogens with zero attached hydrogens (tertiary/aromatic N) is 1. The summed E-state index contributed by atoms with van der Waals surface area (Å²) in [4.78, 5) is 15.6. The Hall–Kier alpha value is -3.10. The number of likely N-dealkylation sites (tertiary alicyclic amines) is 1. The first-order valence-electron chi connectivity index (χ1n) is 11.2. The van der Waals surface area contributed by atoms with Gasteiger partial charge in [0.1, 0.15) is 11.5 Å². The maximum atomic E-state index is 13.1. The van der Waals surface area contributed by atoms with Gasteiger partial charge in [-0.3, -0.25) is 4.79 Å². The van der Waals surface area contributed by atoms with Crippen LogP contribution in [0.2, 0.25) is 0 Å². The van der Waals surface area contributed by atoms with Gasteiger partial charge >= 0.3 is 6.36 Å². The molecule has 34 heavy (non-hydrogen) atoms. The first kappa shape index (κ1) is 22.7. The van der Waals surface area contributed by atoms with E-state index < -0.39 is 6.36 Å². The standard InChI is InChI=1S/C26H24F3NO4/c27-26(28,29)34-20-7-5-18(6-8-20)22-4-1-3-19-13-21(9-10-23(19)24(22)31)33-12-2-11-30-14-25(15-30)16-32-17-25/h1,3-10,13H,2,11-12,14-17H2. The summed E-state index contributed by atoms with van der Waals surface area (Å²) in [6.07, 6.45) is -3.84. The largest absolute Gasteiger partial charge is 0.573 e. The normalized spacial score (nSPS) is 17.3. The third kappa shape index (κ3) is 4.88. The number of rotatable bonds is 7. The number of benzene rings is 2. The number of fused-ring (bicyclic) bond motifs is 1. The fourth-order valence-corrected chi connectivity index (χ4v) is 4.62. The predicted octanol–water partition coefficient (Wildman–Crippen LogP) is 4.87. The molecule has 0 aromatic heterocycles. The van der Waals surface area contributed by atoms with Crippen molar-refractivity contribution in [1.29, 1.82) is 0 Å². The van der Waals surface area contributed by atoms with Crippen LogP contribution in [0.3, 0.4) is 0 Å². The van der Waals surface area contributed by atoms with E-state index in [2.05, 4.69) is 9.64 Å². The second-order valence-corrected chi connectivity index (χ2v) is 9.00. The summed E-state index contributed by atoms with van der Waals surface area (Å²) in [5, 5.41) is 1.25. The second kappa shape index (κ2) is 8.92. The lowest BCUT2D eigenvalue weighted by Crippen LogP contribution is -2.65. The third-order valence-corrected chi connectivity index (χ3v) is 6.27. The summed E-state index contributed by atoms with van der Waals surface area (Å²) in [5.74, 6) is 0.363. The zero-order chi connectivity index (χ0) is 23.8. The second-order valence-electron chi connectivity index (χ2n) is 9.00. The highest BCUT2D eigenvalue weighted by Crippen LogP contribution is 2.37. The van der Waals surface area contributed by atoms with Crippen LogP contribution in [0.4, 0.5) is 13.2 Å². The number of hydrogen-bond acceptors (Lipinski definition) is 5. The van der Waals surface area contributed by atoms with Crippen LogP contribution >= 0.6 is 0 Å². The van der Waals surface area contributed by atoms with E-state index in [-0.39, 0.29) is 11.2 Å². The van der Waals surface area contributed by atoms with Crippen LogP contribution in [0.15, 0.2) is 65.5 Å². The van der Waals surface area contributed by atoms with Crippen molar-refractivity contribution in [3.8, 4) is 22.6 Å². The average molecular weight is 471 g/mol. The minimum atomic E-state index is -4.76. The number of alkyl halides is 3. The summed E-state index contributed by atoms with van der Waals surface area (Å²) >= 11 is 0. The van der Waals surface area contributed by atoms with Gasteiger partial charge in [0.2, 0.25) is 0 Å². The molecular weight excluding hydrogens is 447 g/mol. The molecule has 2 saturated heterocycles. The lowest BCUT2D eigenvalue weighted by molar-refractivity contribution is -0.274. The van der Waals surface area contributed by atoms with Crippen LogP contribution < -0.4 is 14.9 Å². The zero-order valence-corrected chi connectivity index (χ0v) is 18.4. The van der Waals surface area contributed by atoms with Crippen molar-refractivity contribution in [3.05, 3.63) is 70.9 Å². The molecule has 2 heterocycles. The molecule has 3 aromatic carbocycles. The lowest BCUT2D eigenvalue weighted by Gasteiger charge is -2.55. The van der Waals surface area contributed by atoms with Crippen molar-refractivity contribution in [2.75, 3.05) is 39.5 Å². The summed E-state index contributed by atoms with van der Waals surface area (Å²) in [6.45, 7) is 5.56. The molecule has 0 bridgehead atoms. The Kier molecular flexibility index (Phi) is 5.95. The fraction of sp³-hybridized carbons (Fsp3) is 0.346. The van der Waals surface area contributed by atoms with E-state index in [4.69, 9.17) is 9.47 Å². The molecule has 0 unspecified atom stereocenters. The monoisotopic (exact) mass is 471 g/mol. The fourth-order valence-electron chi connectivity index (χ4n) is 4.62. The predicted molar refractivity (Wildman–Crippen MR) is 122 cm³/mol. The van der Waals surface area contributed by atoms with Crippen molar-refractivity contribution < 1.29 is 27.4 Å². The summed E-state index contributed by atoms with van der Waals surface area (Å²) < 4.78 is 52.3. The molecule has 2 fully saturated rings. The summed E-state index contributed by atoms with van der Waals surface area (Å²) in [7, 11) is 0.